The van der Waals surface area contributed by atoms with E-state index >= 15 is 0 Å². The molecule has 1 N–H and O–H groups in total. The minimum Gasteiger partial charge on any atom is -0.385 e. The van der Waals surface area contributed by atoms with Gasteiger partial charge in [-0.3, -0.25) is 14.6 Å². The van der Waals surface area contributed by atoms with E-state index in [9.17, 15) is 4.79 Å². The third kappa shape index (κ3) is 4.94. The maximum absolute atomic E-state index is 12.2. The molecule has 2 fully saturated rings. The number of hydrogen-bond donors (Lipinski definition) is 1. The van der Waals surface area contributed by atoms with E-state index in [1.807, 2.05) is 6.92 Å². The molecule has 0 bridgehead atoms. The lowest BCUT2D eigenvalue weighted by Crippen LogP contribution is -2.53. The van der Waals surface area contributed by atoms with Crippen LogP contribution < -0.4 is 5.32 Å². The van der Waals surface area contributed by atoms with E-state index in [2.05, 4.69) is 15.1 Å². The van der Waals surface area contributed by atoms with Gasteiger partial charge in [-0.2, -0.15) is 0 Å². The van der Waals surface area contributed by atoms with Crippen molar-refractivity contribution in [2.24, 2.45) is 0 Å². The standard InChI is InChI=1S/C16H31N3O2/c1-14(16(20)17-8-6-12-21-2)19-11-5-7-15(13-19)18-9-3-4-10-18/h14-15H,3-13H2,1-2H3,(H,17,20)/t14-,15-/m0/s1. The summed E-state index contributed by atoms with van der Waals surface area (Å²) >= 11 is 0. The predicted molar refractivity (Wildman–Crippen MR) is 84.4 cm³/mol. The first-order valence-electron chi connectivity index (χ1n) is 8.47. The van der Waals surface area contributed by atoms with Crippen LogP contribution in [-0.2, 0) is 9.53 Å². The van der Waals surface area contributed by atoms with Crippen LogP contribution in [0.5, 0.6) is 0 Å². The molecule has 0 saturated carbocycles. The Balaban J connectivity index is 1.75. The zero-order valence-electron chi connectivity index (χ0n) is 13.6. The summed E-state index contributed by atoms with van der Waals surface area (Å²) < 4.78 is 5.00. The lowest BCUT2D eigenvalue weighted by Gasteiger charge is -2.39. The van der Waals surface area contributed by atoms with Crippen LogP contribution in [0.25, 0.3) is 0 Å². The van der Waals surface area contributed by atoms with Crippen molar-refractivity contribution < 1.29 is 9.53 Å². The zero-order chi connectivity index (χ0) is 15.1. The van der Waals surface area contributed by atoms with Crippen LogP contribution in [0, 0.1) is 0 Å². The van der Waals surface area contributed by atoms with E-state index in [4.69, 9.17) is 4.74 Å². The summed E-state index contributed by atoms with van der Waals surface area (Å²) in [6.07, 6.45) is 6.06. The normalized spacial score (nSPS) is 25.9. The van der Waals surface area contributed by atoms with Gasteiger partial charge in [0.15, 0.2) is 0 Å². The lowest BCUT2D eigenvalue weighted by molar-refractivity contribution is -0.126. The first kappa shape index (κ1) is 16.7. The topological polar surface area (TPSA) is 44.8 Å². The molecule has 0 aliphatic carbocycles. The fraction of sp³-hybridized carbons (Fsp3) is 0.938. The number of ether oxygens (including phenoxy) is 1. The number of rotatable bonds is 7. The van der Waals surface area contributed by atoms with Crippen molar-refractivity contribution in [3.8, 4) is 0 Å². The van der Waals surface area contributed by atoms with Crippen LogP contribution in [0.2, 0.25) is 0 Å². The third-order valence-electron chi connectivity index (χ3n) is 4.84. The highest BCUT2D eigenvalue weighted by Gasteiger charge is 2.31. The van der Waals surface area contributed by atoms with Gasteiger partial charge in [0.2, 0.25) is 5.91 Å². The van der Waals surface area contributed by atoms with E-state index in [0.717, 1.165) is 19.5 Å². The summed E-state index contributed by atoms with van der Waals surface area (Å²) in [6, 6.07) is 0.642. The highest BCUT2D eigenvalue weighted by Crippen LogP contribution is 2.21. The SMILES string of the molecule is COCCCNC(=O)[C@H](C)N1CCC[C@H](N2CCCC2)C1. The molecule has 0 spiro atoms. The monoisotopic (exact) mass is 297 g/mol. The smallest absolute Gasteiger partial charge is 0.237 e. The lowest BCUT2D eigenvalue weighted by atomic mass is 10.0. The number of nitrogens with zero attached hydrogens (tertiary/aromatic N) is 2. The number of methoxy groups -OCH3 is 1. The van der Waals surface area contributed by atoms with Crippen LogP contribution in [0.1, 0.15) is 39.0 Å². The van der Waals surface area contributed by atoms with Gasteiger partial charge in [0, 0.05) is 32.8 Å². The van der Waals surface area contributed by atoms with Gasteiger partial charge in [0.05, 0.1) is 6.04 Å². The Hall–Kier alpha value is -0.650. The summed E-state index contributed by atoms with van der Waals surface area (Å²) in [4.78, 5) is 17.2. The molecule has 2 aliphatic rings. The van der Waals surface area contributed by atoms with E-state index in [0.29, 0.717) is 19.2 Å². The van der Waals surface area contributed by atoms with Crippen LogP contribution in [0.4, 0.5) is 0 Å². The highest BCUT2D eigenvalue weighted by atomic mass is 16.5. The molecule has 0 unspecified atom stereocenters. The number of carbonyl (C=O) groups excluding carboxylic acids is 1. The Bertz CT molecular complexity index is 319. The average molecular weight is 297 g/mol. The van der Waals surface area contributed by atoms with Crippen molar-refractivity contribution in [3.05, 3.63) is 0 Å². The first-order valence-corrected chi connectivity index (χ1v) is 8.47. The second-order valence-corrected chi connectivity index (χ2v) is 6.35. The van der Waals surface area contributed by atoms with Crippen LogP contribution in [-0.4, -0.2) is 74.2 Å². The van der Waals surface area contributed by atoms with Gasteiger partial charge in [0.25, 0.3) is 0 Å². The summed E-state index contributed by atoms with van der Waals surface area (Å²) in [5.41, 5.74) is 0. The Morgan fingerprint density at radius 2 is 2.05 bits per heavy atom. The quantitative estimate of drug-likeness (QED) is 0.715. The van der Waals surface area contributed by atoms with Gasteiger partial charge >= 0.3 is 0 Å². The second-order valence-electron chi connectivity index (χ2n) is 6.35. The van der Waals surface area contributed by atoms with Crippen LogP contribution >= 0.6 is 0 Å². The third-order valence-corrected chi connectivity index (χ3v) is 4.84. The Kier molecular flexibility index (Phi) is 6.93. The van der Waals surface area contributed by atoms with Crippen molar-refractivity contribution in [3.63, 3.8) is 0 Å². The zero-order valence-corrected chi connectivity index (χ0v) is 13.6. The summed E-state index contributed by atoms with van der Waals surface area (Å²) in [5, 5.41) is 3.02. The first-order chi connectivity index (χ1) is 10.2. The molecular weight excluding hydrogens is 266 g/mol. The molecule has 0 aromatic heterocycles. The molecular formula is C16H31N3O2. The van der Waals surface area contributed by atoms with E-state index in [1.54, 1.807) is 7.11 Å². The van der Waals surface area contributed by atoms with Crippen molar-refractivity contribution in [2.75, 3.05) is 46.4 Å². The average Bonchev–Trinajstić information content (AvgIpc) is 3.05. The summed E-state index contributed by atoms with van der Waals surface area (Å²) in [5.74, 6) is 0.160. The number of hydrogen-bond acceptors (Lipinski definition) is 4. The minimum atomic E-state index is -0.0158. The van der Waals surface area contributed by atoms with Crippen molar-refractivity contribution in [1.29, 1.82) is 0 Å². The maximum atomic E-state index is 12.2. The molecule has 5 heteroatoms. The molecule has 2 saturated heterocycles. The fourth-order valence-electron chi connectivity index (χ4n) is 3.48. The molecule has 2 heterocycles. The summed E-state index contributed by atoms with van der Waals surface area (Å²) in [6.45, 7) is 8.05. The second kappa shape index (κ2) is 8.71. The van der Waals surface area contributed by atoms with E-state index in [1.165, 1.54) is 38.8 Å². The van der Waals surface area contributed by atoms with Crippen molar-refractivity contribution in [1.82, 2.24) is 15.1 Å². The van der Waals surface area contributed by atoms with Crippen molar-refractivity contribution in [2.45, 2.75) is 51.1 Å². The molecule has 5 nitrogen and oxygen atoms in total. The molecule has 0 aromatic carbocycles. The Labute approximate surface area is 129 Å². The molecule has 0 aromatic rings. The number of likely N-dealkylation sites (tertiary alicyclic amines) is 2. The highest BCUT2D eigenvalue weighted by molar-refractivity contribution is 5.81. The number of nitrogens with one attached hydrogen (secondary N) is 1. The molecule has 0 radical (unpaired) electrons. The molecule has 1 amide bonds. The molecule has 2 atom stereocenters. The molecule has 2 rings (SSSR count). The van der Waals surface area contributed by atoms with Gasteiger partial charge in [-0.05, 0) is 58.7 Å². The van der Waals surface area contributed by atoms with Crippen LogP contribution in [0.15, 0.2) is 0 Å². The van der Waals surface area contributed by atoms with Gasteiger partial charge in [0.1, 0.15) is 0 Å². The van der Waals surface area contributed by atoms with Gasteiger partial charge in [-0.1, -0.05) is 0 Å². The van der Waals surface area contributed by atoms with E-state index in [-0.39, 0.29) is 11.9 Å². The molecule has 122 valence electrons. The Morgan fingerprint density at radius 3 is 2.76 bits per heavy atom. The minimum absolute atomic E-state index is 0.0158. The van der Waals surface area contributed by atoms with Gasteiger partial charge in [-0.15, -0.1) is 0 Å². The number of carbonyl (C=O) groups is 1. The van der Waals surface area contributed by atoms with Gasteiger partial charge < -0.3 is 10.1 Å². The fourth-order valence-corrected chi connectivity index (χ4v) is 3.48. The Morgan fingerprint density at radius 1 is 1.29 bits per heavy atom. The largest absolute Gasteiger partial charge is 0.385 e. The summed E-state index contributed by atoms with van der Waals surface area (Å²) in [7, 11) is 1.69. The maximum Gasteiger partial charge on any atom is 0.237 e. The molecule has 21 heavy (non-hydrogen) atoms. The number of piperidine rings is 1. The molecule has 2 aliphatic heterocycles. The van der Waals surface area contributed by atoms with Crippen molar-refractivity contribution >= 4 is 5.91 Å². The van der Waals surface area contributed by atoms with Crippen LogP contribution in [0.3, 0.4) is 0 Å². The van der Waals surface area contributed by atoms with Gasteiger partial charge in [-0.25, -0.2) is 0 Å². The predicted octanol–water partition coefficient (Wildman–Crippen LogP) is 1.09. The van der Waals surface area contributed by atoms with E-state index < -0.39 is 0 Å². The number of amides is 1.